The molecule has 0 aromatic carbocycles. The second-order valence-corrected chi connectivity index (χ2v) is 8.98. The highest BCUT2D eigenvalue weighted by Gasteiger charge is 2.08. The van der Waals surface area contributed by atoms with Crippen molar-refractivity contribution in [3.8, 4) is 0 Å². The summed E-state index contributed by atoms with van der Waals surface area (Å²) in [6, 6.07) is 0. The van der Waals surface area contributed by atoms with Crippen LogP contribution in [0.25, 0.3) is 0 Å². The molecule has 2 heteroatoms. The van der Waals surface area contributed by atoms with Crippen LogP contribution in [0.15, 0.2) is 0 Å². The van der Waals surface area contributed by atoms with Gasteiger partial charge in [-0.3, -0.25) is 0 Å². The lowest BCUT2D eigenvalue weighted by Crippen LogP contribution is -2.03. The lowest BCUT2D eigenvalue weighted by Gasteiger charge is -2.17. The summed E-state index contributed by atoms with van der Waals surface area (Å²) in [6.45, 7) is 7.08. The summed E-state index contributed by atoms with van der Waals surface area (Å²) in [7, 11) is 2.83. The average Bonchev–Trinajstić information content (AvgIpc) is 2.45. The van der Waals surface area contributed by atoms with Crippen molar-refractivity contribution >= 4 is 19.1 Å². The summed E-state index contributed by atoms with van der Waals surface area (Å²) in [5, 5.41) is 0. The summed E-state index contributed by atoms with van der Waals surface area (Å²) in [6.07, 6.45) is 24.6. The molecule has 0 rings (SSSR count). The third kappa shape index (κ3) is 25.2. The average molecular weight is 363 g/mol. The highest BCUT2D eigenvalue weighted by molar-refractivity contribution is 7.16. The van der Waals surface area contributed by atoms with Gasteiger partial charge in [0.05, 0.1) is 0 Å². The molecule has 0 fully saturated rings. The van der Waals surface area contributed by atoms with Crippen LogP contribution in [0.2, 0.25) is 0 Å². The molecule has 0 N–H and O–H groups in total. The Labute approximate surface area is 154 Å². The van der Waals surface area contributed by atoms with Crippen molar-refractivity contribution in [3.05, 3.63) is 0 Å². The van der Waals surface area contributed by atoms with Gasteiger partial charge >= 0.3 is 0 Å². The lowest BCUT2D eigenvalue weighted by atomic mass is 9.89. The van der Waals surface area contributed by atoms with Crippen LogP contribution in [0, 0.1) is 5.41 Å². The number of rotatable bonds is 16. The van der Waals surface area contributed by atoms with Crippen LogP contribution >= 0.6 is 19.1 Å². The van der Waals surface area contributed by atoms with Gasteiger partial charge in [-0.1, -0.05) is 111 Å². The van der Waals surface area contributed by atoms with Gasteiger partial charge in [0.15, 0.2) is 0 Å². The normalized spacial score (nSPS) is 11.5. The highest BCUT2D eigenvalue weighted by Crippen LogP contribution is 2.22. The molecule has 0 heterocycles. The topological polar surface area (TPSA) is 0 Å². The van der Waals surface area contributed by atoms with E-state index in [0.717, 1.165) is 0 Å². The molecular weight excluding hydrogens is 314 g/mol. The van der Waals surface area contributed by atoms with E-state index in [2.05, 4.69) is 30.0 Å². The zero-order valence-electron chi connectivity index (χ0n) is 16.8. The van der Waals surface area contributed by atoms with Crippen LogP contribution < -0.4 is 0 Å². The molecule has 0 bridgehead atoms. The summed E-state index contributed by atoms with van der Waals surface area (Å²) in [5.41, 5.74) is 0.537. The summed E-state index contributed by atoms with van der Waals surface area (Å²) >= 11 is 0. The Morgan fingerprint density at radius 3 is 1.00 bits per heavy atom. The van der Waals surface area contributed by atoms with Gasteiger partial charge in [0.1, 0.15) is 0 Å². The number of unbranched alkanes of at least 4 members (excludes halogenated alkanes) is 14. The fraction of sp³-hybridized carbons (Fsp3) is 1.00. The first kappa shape index (κ1) is 26.1. The van der Waals surface area contributed by atoms with E-state index in [4.69, 9.17) is 0 Å². The third-order valence-corrected chi connectivity index (χ3v) is 5.04. The molecule has 0 spiro atoms. The van der Waals surface area contributed by atoms with Gasteiger partial charge < -0.3 is 0 Å². The molecule has 0 amide bonds. The molecule has 0 saturated carbocycles. The van der Waals surface area contributed by atoms with Crippen molar-refractivity contribution in [1.29, 1.82) is 0 Å². The van der Waals surface area contributed by atoms with E-state index in [1.54, 1.807) is 0 Å². The second kappa shape index (κ2) is 19.2. The minimum Gasteiger partial charge on any atom is -0.153 e. The maximum atomic E-state index is 2.83. The van der Waals surface area contributed by atoms with Gasteiger partial charge in [-0.25, -0.2) is 0 Å². The Morgan fingerprint density at radius 2 is 0.739 bits per heavy atom. The van der Waals surface area contributed by atoms with Crippen LogP contribution in [0.4, 0.5) is 0 Å². The van der Waals surface area contributed by atoms with Gasteiger partial charge in [-0.2, -0.15) is 9.90 Å². The van der Waals surface area contributed by atoms with Gasteiger partial charge in [-0.15, -0.1) is 9.24 Å². The van der Waals surface area contributed by atoms with E-state index in [0.29, 0.717) is 5.41 Å². The Balaban J connectivity index is 0. The van der Waals surface area contributed by atoms with Crippen LogP contribution in [-0.2, 0) is 0 Å². The lowest BCUT2D eigenvalue weighted by molar-refractivity contribution is 0.356. The van der Waals surface area contributed by atoms with E-state index in [1.165, 1.54) is 109 Å². The van der Waals surface area contributed by atoms with Crippen molar-refractivity contribution in [2.45, 2.75) is 124 Å². The van der Waals surface area contributed by atoms with E-state index in [1.807, 2.05) is 0 Å². The highest BCUT2D eigenvalue weighted by atomic mass is 31.0. The fourth-order valence-electron chi connectivity index (χ4n) is 3.10. The SMILES string of the molecule is CC(C)(C)CCCCCCCCCCCCCCCCCP.P. The Kier molecular flexibility index (Phi) is 21.8. The van der Waals surface area contributed by atoms with Crippen LogP contribution in [0.3, 0.4) is 0 Å². The molecule has 0 aliphatic heterocycles. The van der Waals surface area contributed by atoms with Crippen LogP contribution in [0.1, 0.15) is 124 Å². The molecule has 0 aliphatic carbocycles. The smallest absolute Gasteiger partial charge is 0.0381 e. The minimum atomic E-state index is 0. The first-order valence-electron chi connectivity index (χ1n) is 10.3. The molecule has 0 radical (unpaired) electrons. The van der Waals surface area contributed by atoms with Crippen molar-refractivity contribution in [3.63, 3.8) is 0 Å². The summed E-state index contributed by atoms with van der Waals surface area (Å²) in [4.78, 5) is 0. The Hall–Kier alpha value is 0.860. The molecule has 0 aromatic heterocycles. The number of hydrogen-bond donors (Lipinski definition) is 0. The van der Waals surface area contributed by atoms with Crippen molar-refractivity contribution in [2.24, 2.45) is 5.41 Å². The molecule has 2 unspecified atom stereocenters. The van der Waals surface area contributed by atoms with Gasteiger partial charge in [0.2, 0.25) is 0 Å². The van der Waals surface area contributed by atoms with Crippen molar-refractivity contribution < 1.29 is 0 Å². The predicted molar refractivity (Wildman–Crippen MR) is 119 cm³/mol. The monoisotopic (exact) mass is 362 g/mol. The summed E-state index contributed by atoms with van der Waals surface area (Å²) < 4.78 is 0. The zero-order chi connectivity index (χ0) is 16.5. The maximum Gasteiger partial charge on any atom is -0.0381 e. The Bertz CT molecular complexity index is 208. The van der Waals surface area contributed by atoms with E-state index in [9.17, 15) is 0 Å². The Morgan fingerprint density at radius 1 is 0.478 bits per heavy atom. The summed E-state index contributed by atoms with van der Waals surface area (Å²) in [5.74, 6) is 0. The molecule has 0 aliphatic rings. The fourth-order valence-corrected chi connectivity index (χ4v) is 3.39. The van der Waals surface area contributed by atoms with Gasteiger partial charge in [-0.05, 0) is 24.4 Å². The van der Waals surface area contributed by atoms with E-state index in [-0.39, 0.29) is 9.90 Å². The minimum absolute atomic E-state index is 0. The molecule has 0 aromatic rings. The van der Waals surface area contributed by atoms with Crippen molar-refractivity contribution in [2.75, 3.05) is 6.16 Å². The predicted octanol–water partition coefficient (Wildman–Crippen LogP) is 8.21. The van der Waals surface area contributed by atoms with E-state index < -0.39 is 0 Å². The molecule has 142 valence electrons. The van der Waals surface area contributed by atoms with E-state index >= 15 is 0 Å². The molecular formula is C21H48P2. The van der Waals surface area contributed by atoms with Gasteiger partial charge in [0, 0.05) is 0 Å². The van der Waals surface area contributed by atoms with Crippen LogP contribution in [-0.4, -0.2) is 6.16 Å². The molecule has 0 nitrogen and oxygen atoms in total. The zero-order valence-corrected chi connectivity index (χ0v) is 19.4. The molecule has 2 atom stereocenters. The van der Waals surface area contributed by atoms with Gasteiger partial charge in [0.25, 0.3) is 0 Å². The first-order valence-corrected chi connectivity index (χ1v) is 11.1. The first-order chi connectivity index (χ1) is 10.6. The number of hydrogen-bond acceptors (Lipinski definition) is 0. The largest absolute Gasteiger partial charge is 0.153 e. The quantitative estimate of drug-likeness (QED) is 0.192. The second-order valence-electron chi connectivity index (χ2n) is 8.40. The van der Waals surface area contributed by atoms with Crippen LogP contribution in [0.5, 0.6) is 0 Å². The third-order valence-electron chi connectivity index (χ3n) is 4.63. The van der Waals surface area contributed by atoms with Crippen molar-refractivity contribution in [1.82, 2.24) is 0 Å². The standard InChI is InChI=1S/C21H45P.H3P/c1-21(2,3)19-17-15-13-11-9-7-5-4-6-8-10-12-14-16-18-20-22;/h4-20,22H2,1-3H3;1H3. The molecule has 0 saturated heterocycles. The molecule has 23 heavy (non-hydrogen) atoms. The maximum absolute atomic E-state index is 2.83.